The lowest BCUT2D eigenvalue weighted by molar-refractivity contribution is -0.124. The monoisotopic (exact) mass is 479 g/mol. The number of hydrogen-bond acceptors (Lipinski definition) is 4. The second kappa shape index (κ2) is 24.7. The molecule has 0 saturated carbocycles. The highest BCUT2D eigenvalue weighted by atomic mass is 16.3. The molecule has 0 aromatic carbocycles. The van der Waals surface area contributed by atoms with Gasteiger partial charge >= 0.3 is 0 Å². The first kappa shape index (κ1) is 32.6. The van der Waals surface area contributed by atoms with E-state index >= 15 is 0 Å². The third-order valence-corrected chi connectivity index (χ3v) is 5.95. The zero-order valence-electron chi connectivity index (χ0n) is 22.0. The average molecular weight is 480 g/mol. The number of allylic oxidation sites excluding steroid dienone is 6. The minimum atomic E-state index is -1.16. The van der Waals surface area contributed by atoms with Gasteiger partial charge in [0.2, 0.25) is 5.91 Å². The molecule has 198 valence electrons. The number of hydrogen-bond donors (Lipinski definition) is 4. The van der Waals surface area contributed by atoms with Crippen LogP contribution in [0.15, 0.2) is 36.5 Å². The van der Waals surface area contributed by atoms with Crippen molar-refractivity contribution < 1.29 is 20.1 Å². The van der Waals surface area contributed by atoms with Gasteiger partial charge in [-0.15, -0.1) is 0 Å². The third kappa shape index (κ3) is 20.0. The number of carbonyl (C=O) groups excluding carboxylic acids is 1. The van der Waals surface area contributed by atoms with Crippen molar-refractivity contribution in [2.75, 3.05) is 6.61 Å². The standard InChI is InChI=1S/C29H53NO4/c1-3-5-7-9-11-13-14-16-18-20-22-24-28(33)30-26(25-31)29(34)27(32)23-21-19-17-15-12-10-8-6-4-2/h6,8-9,11,15,17,26-27,29,31-32,34H,3-5,7,10,12-14,16,18-25H2,1-2H3,(H,30,33)/b8-6+,11-9-,17-15+. The van der Waals surface area contributed by atoms with Crippen LogP contribution in [0.3, 0.4) is 0 Å². The predicted molar refractivity (Wildman–Crippen MR) is 144 cm³/mol. The van der Waals surface area contributed by atoms with Gasteiger partial charge in [0.1, 0.15) is 6.10 Å². The lowest BCUT2D eigenvalue weighted by Crippen LogP contribution is -2.50. The highest BCUT2D eigenvalue weighted by Gasteiger charge is 2.26. The molecule has 0 aromatic heterocycles. The Kier molecular flexibility index (Phi) is 23.6. The van der Waals surface area contributed by atoms with Gasteiger partial charge < -0.3 is 20.6 Å². The van der Waals surface area contributed by atoms with Gasteiger partial charge in [0.15, 0.2) is 0 Å². The summed E-state index contributed by atoms with van der Waals surface area (Å²) in [6, 6.07) is -0.831. The molecule has 5 heteroatoms. The van der Waals surface area contributed by atoms with Crippen LogP contribution in [0.5, 0.6) is 0 Å². The van der Waals surface area contributed by atoms with E-state index in [0.717, 1.165) is 57.8 Å². The van der Waals surface area contributed by atoms with E-state index in [4.69, 9.17) is 0 Å². The number of aliphatic hydroxyl groups excluding tert-OH is 3. The molecule has 4 N–H and O–H groups in total. The Morgan fingerprint density at radius 2 is 1.29 bits per heavy atom. The summed E-state index contributed by atoms with van der Waals surface area (Å²) in [6.45, 7) is 3.94. The van der Waals surface area contributed by atoms with Gasteiger partial charge in [-0.25, -0.2) is 0 Å². The van der Waals surface area contributed by atoms with Crippen LogP contribution in [0.4, 0.5) is 0 Å². The molecule has 0 bridgehead atoms. The maximum atomic E-state index is 12.2. The molecule has 0 saturated heterocycles. The summed E-state index contributed by atoms with van der Waals surface area (Å²) in [7, 11) is 0. The molecule has 0 spiro atoms. The summed E-state index contributed by atoms with van der Waals surface area (Å²) < 4.78 is 0. The summed E-state index contributed by atoms with van der Waals surface area (Å²) in [5, 5.41) is 32.9. The van der Waals surface area contributed by atoms with Gasteiger partial charge in [-0.1, -0.05) is 82.4 Å². The fourth-order valence-corrected chi connectivity index (χ4v) is 3.75. The molecule has 0 aliphatic carbocycles. The van der Waals surface area contributed by atoms with Crippen molar-refractivity contribution in [2.45, 2.75) is 135 Å². The molecule has 1 amide bonds. The normalized spacial score (nSPS) is 14.9. The topological polar surface area (TPSA) is 89.8 Å². The minimum Gasteiger partial charge on any atom is -0.394 e. The fourth-order valence-electron chi connectivity index (χ4n) is 3.75. The van der Waals surface area contributed by atoms with Crippen LogP contribution >= 0.6 is 0 Å². The van der Waals surface area contributed by atoms with Crippen LogP contribution in [0.1, 0.15) is 117 Å². The van der Waals surface area contributed by atoms with E-state index < -0.39 is 18.2 Å². The lowest BCUT2D eigenvalue weighted by atomic mass is 10.0. The number of amides is 1. The Morgan fingerprint density at radius 3 is 1.94 bits per heavy atom. The van der Waals surface area contributed by atoms with Crippen LogP contribution in [-0.2, 0) is 4.79 Å². The van der Waals surface area contributed by atoms with Crippen molar-refractivity contribution in [2.24, 2.45) is 0 Å². The molecular formula is C29H53NO4. The first-order valence-electron chi connectivity index (χ1n) is 13.8. The van der Waals surface area contributed by atoms with E-state index in [1.807, 2.05) is 0 Å². The van der Waals surface area contributed by atoms with Crippen molar-refractivity contribution in [1.29, 1.82) is 0 Å². The van der Waals surface area contributed by atoms with E-state index in [9.17, 15) is 20.1 Å². The Hall–Kier alpha value is -1.43. The molecule has 5 nitrogen and oxygen atoms in total. The van der Waals surface area contributed by atoms with Gasteiger partial charge in [0.05, 0.1) is 18.8 Å². The molecule has 0 aromatic rings. The Labute approximate surface area is 209 Å². The summed E-state index contributed by atoms with van der Waals surface area (Å²) in [5.74, 6) is -0.177. The molecule has 0 radical (unpaired) electrons. The zero-order chi connectivity index (χ0) is 25.3. The van der Waals surface area contributed by atoms with Gasteiger partial charge in [-0.2, -0.15) is 0 Å². The van der Waals surface area contributed by atoms with Gasteiger partial charge in [-0.05, 0) is 64.2 Å². The molecular weight excluding hydrogens is 426 g/mol. The number of aliphatic hydroxyl groups is 3. The second-order valence-corrected chi connectivity index (χ2v) is 9.19. The van der Waals surface area contributed by atoms with Crippen LogP contribution in [0.2, 0.25) is 0 Å². The summed E-state index contributed by atoms with van der Waals surface area (Å²) in [5.41, 5.74) is 0. The molecule has 0 aliphatic heterocycles. The Balaban J connectivity index is 3.90. The molecule has 34 heavy (non-hydrogen) atoms. The van der Waals surface area contributed by atoms with Gasteiger partial charge in [0, 0.05) is 6.42 Å². The van der Waals surface area contributed by atoms with Crippen molar-refractivity contribution in [3.05, 3.63) is 36.5 Å². The summed E-state index contributed by atoms with van der Waals surface area (Å²) in [6.07, 6.45) is 26.7. The first-order chi connectivity index (χ1) is 16.6. The van der Waals surface area contributed by atoms with Crippen LogP contribution in [0.25, 0.3) is 0 Å². The van der Waals surface area contributed by atoms with Gasteiger partial charge in [-0.3, -0.25) is 4.79 Å². The number of unbranched alkanes of at least 4 members (excludes halogenated alkanes) is 9. The number of carbonyl (C=O) groups is 1. The van der Waals surface area contributed by atoms with Crippen LogP contribution in [0, 0.1) is 0 Å². The average Bonchev–Trinajstić information content (AvgIpc) is 2.84. The second-order valence-electron chi connectivity index (χ2n) is 9.19. The van der Waals surface area contributed by atoms with E-state index in [1.54, 1.807) is 0 Å². The molecule has 0 rings (SSSR count). The highest BCUT2D eigenvalue weighted by molar-refractivity contribution is 5.76. The summed E-state index contributed by atoms with van der Waals surface area (Å²) >= 11 is 0. The zero-order valence-corrected chi connectivity index (χ0v) is 22.0. The van der Waals surface area contributed by atoms with Gasteiger partial charge in [0.25, 0.3) is 0 Å². The smallest absolute Gasteiger partial charge is 0.220 e. The van der Waals surface area contributed by atoms with E-state index in [0.29, 0.717) is 12.8 Å². The highest BCUT2D eigenvalue weighted by Crippen LogP contribution is 2.11. The third-order valence-electron chi connectivity index (χ3n) is 5.95. The molecule has 3 unspecified atom stereocenters. The van der Waals surface area contributed by atoms with E-state index in [2.05, 4.69) is 55.6 Å². The summed E-state index contributed by atoms with van der Waals surface area (Å²) in [4.78, 5) is 12.2. The van der Waals surface area contributed by atoms with Crippen molar-refractivity contribution in [3.63, 3.8) is 0 Å². The first-order valence-corrected chi connectivity index (χ1v) is 13.8. The Bertz CT molecular complexity index is 544. The maximum Gasteiger partial charge on any atom is 0.220 e. The Morgan fingerprint density at radius 1 is 0.735 bits per heavy atom. The SMILES string of the molecule is CC/C=C/CC/C=C/CCCC(O)C(O)C(CO)NC(=O)CCCCCCC/C=C\CCCC. The number of rotatable bonds is 23. The number of nitrogens with one attached hydrogen (secondary N) is 1. The van der Waals surface area contributed by atoms with Crippen molar-refractivity contribution in [3.8, 4) is 0 Å². The predicted octanol–water partition coefficient (Wildman–Crippen LogP) is 6.14. The largest absolute Gasteiger partial charge is 0.394 e. The molecule has 0 heterocycles. The van der Waals surface area contributed by atoms with Crippen LogP contribution < -0.4 is 5.32 Å². The quantitative estimate of drug-likeness (QED) is 0.105. The lowest BCUT2D eigenvalue weighted by Gasteiger charge is -2.26. The van der Waals surface area contributed by atoms with Crippen molar-refractivity contribution in [1.82, 2.24) is 5.32 Å². The van der Waals surface area contributed by atoms with Crippen molar-refractivity contribution >= 4 is 5.91 Å². The van der Waals surface area contributed by atoms with E-state index in [1.165, 1.54) is 32.1 Å². The molecule has 0 fully saturated rings. The molecule has 0 aliphatic rings. The van der Waals surface area contributed by atoms with Crippen LogP contribution in [-0.4, -0.2) is 46.1 Å². The maximum absolute atomic E-state index is 12.2. The molecule has 3 atom stereocenters. The van der Waals surface area contributed by atoms with E-state index in [-0.39, 0.29) is 12.5 Å². The minimum absolute atomic E-state index is 0.177. The fraction of sp³-hybridized carbons (Fsp3) is 0.759.